The fraction of sp³-hybridized carbons (Fsp3) is 0.765. The molecule has 1 N–H and O–H groups in total. The average molecular weight is 357 g/mol. The Morgan fingerprint density at radius 2 is 2.08 bits per heavy atom. The molecule has 7 heteroatoms. The number of Topliss-reactive ketones (excluding diaryl/α,β-unsaturated/α-hetero) is 1. The van der Waals surface area contributed by atoms with Crippen LogP contribution in [0.2, 0.25) is 0 Å². The predicted molar refractivity (Wildman–Crippen MR) is 92.8 cm³/mol. The third-order valence-corrected chi connectivity index (χ3v) is 6.96. The highest BCUT2D eigenvalue weighted by molar-refractivity contribution is 7.92. The standard InChI is InChI=1S/C17H27NO5S/c1-3-6-14(18-23-4-2)17-15(19)10-12(11-16(17)20)9-13-7-5-8-24(13,21)22/h12-13,19H,3-11H2,1-2H3/b18-14+. The Balaban J connectivity index is 2.14. The third-order valence-electron chi connectivity index (χ3n) is 4.66. The molecule has 0 saturated carbocycles. The smallest absolute Gasteiger partial charge is 0.168 e. The molecule has 0 amide bonds. The summed E-state index contributed by atoms with van der Waals surface area (Å²) < 4.78 is 24.0. The highest BCUT2D eigenvalue weighted by atomic mass is 32.2. The number of carbonyl (C=O) groups excluding carboxylic acids is 1. The molecule has 0 radical (unpaired) electrons. The van der Waals surface area contributed by atoms with Gasteiger partial charge in [-0.15, -0.1) is 0 Å². The highest BCUT2D eigenvalue weighted by Gasteiger charge is 2.37. The van der Waals surface area contributed by atoms with Crippen molar-refractivity contribution in [2.45, 2.75) is 64.0 Å². The fourth-order valence-electron chi connectivity index (χ4n) is 3.56. The summed E-state index contributed by atoms with van der Waals surface area (Å²) in [6.45, 7) is 4.18. The van der Waals surface area contributed by atoms with E-state index in [1.165, 1.54) is 0 Å². The van der Waals surface area contributed by atoms with Gasteiger partial charge in [-0.05, 0) is 38.5 Å². The highest BCUT2D eigenvalue weighted by Crippen LogP contribution is 2.34. The summed E-state index contributed by atoms with van der Waals surface area (Å²) >= 11 is 0. The molecule has 2 rings (SSSR count). The Labute approximate surface area is 143 Å². The molecule has 2 unspecified atom stereocenters. The zero-order chi connectivity index (χ0) is 17.7. The first-order chi connectivity index (χ1) is 11.4. The second-order valence-corrected chi connectivity index (χ2v) is 8.99. The number of sulfone groups is 1. The molecule has 0 bridgehead atoms. The van der Waals surface area contributed by atoms with Crippen molar-refractivity contribution in [2.24, 2.45) is 11.1 Å². The third kappa shape index (κ3) is 4.37. The minimum Gasteiger partial charge on any atom is -0.511 e. The first kappa shape index (κ1) is 19.0. The molecule has 0 aromatic rings. The van der Waals surface area contributed by atoms with Gasteiger partial charge < -0.3 is 9.94 Å². The first-order valence-electron chi connectivity index (χ1n) is 8.75. The van der Waals surface area contributed by atoms with E-state index >= 15 is 0 Å². The normalized spacial score (nSPS) is 27.6. The van der Waals surface area contributed by atoms with E-state index in [4.69, 9.17) is 4.84 Å². The predicted octanol–water partition coefficient (Wildman–Crippen LogP) is 2.94. The van der Waals surface area contributed by atoms with Crippen LogP contribution in [0.25, 0.3) is 0 Å². The van der Waals surface area contributed by atoms with Gasteiger partial charge in [0, 0.05) is 12.8 Å². The quantitative estimate of drug-likeness (QED) is 0.558. The number of nitrogens with zero attached hydrogens (tertiary/aromatic N) is 1. The Morgan fingerprint density at radius 3 is 2.62 bits per heavy atom. The lowest BCUT2D eigenvalue weighted by Crippen LogP contribution is -2.28. The molecule has 2 atom stereocenters. The van der Waals surface area contributed by atoms with Gasteiger partial charge in [-0.3, -0.25) is 4.79 Å². The van der Waals surface area contributed by atoms with Gasteiger partial charge in [0.1, 0.15) is 12.4 Å². The van der Waals surface area contributed by atoms with E-state index in [-0.39, 0.29) is 40.5 Å². The van der Waals surface area contributed by atoms with Crippen molar-refractivity contribution in [1.29, 1.82) is 0 Å². The van der Waals surface area contributed by atoms with Crippen LogP contribution in [0, 0.1) is 5.92 Å². The van der Waals surface area contributed by atoms with Gasteiger partial charge in [-0.1, -0.05) is 18.5 Å². The number of oxime groups is 1. The summed E-state index contributed by atoms with van der Waals surface area (Å²) in [6.07, 6.45) is 3.77. The molecule has 136 valence electrons. The van der Waals surface area contributed by atoms with Crippen LogP contribution in [-0.2, 0) is 19.5 Å². The monoisotopic (exact) mass is 357 g/mol. The van der Waals surface area contributed by atoms with E-state index in [1.807, 2.05) is 13.8 Å². The Hall–Kier alpha value is -1.37. The molecule has 1 heterocycles. The number of hydrogen-bond donors (Lipinski definition) is 1. The SMILES string of the molecule is CCC/C(=N\OCC)C1=C(O)CC(CC2CCCS2(=O)=O)CC1=O. The van der Waals surface area contributed by atoms with Crippen LogP contribution in [0.4, 0.5) is 0 Å². The topological polar surface area (TPSA) is 93.0 Å². The van der Waals surface area contributed by atoms with Crippen molar-refractivity contribution in [3.63, 3.8) is 0 Å². The Kier molecular flexibility index (Phi) is 6.43. The number of aliphatic hydroxyl groups is 1. The Morgan fingerprint density at radius 1 is 1.33 bits per heavy atom. The van der Waals surface area contributed by atoms with Crippen LogP contribution in [-0.4, -0.2) is 42.6 Å². The molecule has 1 fully saturated rings. The number of ketones is 1. The van der Waals surface area contributed by atoms with E-state index in [0.29, 0.717) is 44.4 Å². The van der Waals surface area contributed by atoms with Crippen molar-refractivity contribution in [1.82, 2.24) is 0 Å². The van der Waals surface area contributed by atoms with Crippen molar-refractivity contribution < 1.29 is 23.2 Å². The van der Waals surface area contributed by atoms with Crippen LogP contribution in [0.3, 0.4) is 0 Å². The summed E-state index contributed by atoms with van der Waals surface area (Å²) in [5, 5.41) is 14.0. The van der Waals surface area contributed by atoms with E-state index < -0.39 is 9.84 Å². The van der Waals surface area contributed by atoms with Gasteiger partial charge in [0.2, 0.25) is 0 Å². The fourth-order valence-corrected chi connectivity index (χ4v) is 5.55. The maximum Gasteiger partial charge on any atom is 0.168 e. The lowest BCUT2D eigenvalue weighted by atomic mass is 9.82. The van der Waals surface area contributed by atoms with Crippen molar-refractivity contribution in [2.75, 3.05) is 12.4 Å². The molecule has 24 heavy (non-hydrogen) atoms. The van der Waals surface area contributed by atoms with E-state index in [9.17, 15) is 18.3 Å². The molecular formula is C17H27NO5S. The number of hydrogen-bond acceptors (Lipinski definition) is 6. The van der Waals surface area contributed by atoms with Gasteiger partial charge in [0.15, 0.2) is 15.6 Å². The molecular weight excluding hydrogens is 330 g/mol. The zero-order valence-electron chi connectivity index (χ0n) is 14.5. The molecule has 0 aromatic heterocycles. The maximum absolute atomic E-state index is 12.5. The maximum atomic E-state index is 12.5. The number of carbonyl (C=O) groups is 1. The minimum absolute atomic E-state index is 0.0264. The number of allylic oxidation sites excluding steroid dienone is 2. The summed E-state index contributed by atoms with van der Waals surface area (Å²) in [4.78, 5) is 17.6. The van der Waals surface area contributed by atoms with Crippen molar-refractivity contribution in [3.05, 3.63) is 11.3 Å². The average Bonchev–Trinajstić information content (AvgIpc) is 2.83. The lowest BCUT2D eigenvalue weighted by molar-refractivity contribution is -0.116. The first-order valence-corrected chi connectivity index (χ1v) is 10.5. The van der Waals surface area contributed by atoms with Crippen LogP contribution in [0.1, 0.15) is 58.8 Å². The largest absolute Gasteiger partial charge is 0.511 e. The second-order valence-electron chi connectivity index (χ2n) is 6.59. The van der Waals surface area contributed by atoms with Gasteiger partial charge in [0.05, 0.1) is 22.3 Å². The van der Waals surface area contributed by atoms with Crippen LogP contribution >= 0.6 is 0 Å². The lowest BCUT2D eigenvalue weighted by Gasteiger charge is -2.25. The van der Waals surface area contributed by atoms with Crippen LogP contribution < -0.4 is 0 Å². The molecule has 0 spiro atoms. The molecule has 1 aliphatic carbocycles. The van der Waals surface area contributed by atoms with Crippen molar-refractivity contribution in [3.8, 4) is 0 Å². The van der Waals surface area contributed by atoms with Gasteiger partial charge in [0.25, 0.3) is 0 Å². The minimum atomic E-state index is -3.02. The summed E-state index contributed by atoms with van der Waals surface area (Å²) in [6, 6.07) is 0. The van der Waals surface area contributed by atoms with Gasteiger partial charge in [-0.25, -0.2) is 8.42 Å². The summed E-state index contributed by atoms with van der Waals surface area (Å²) in [5.74, 6) is -0.00809. The molecule has 1 aliphatic heterocycles. The number of rotatable bonds is 7. The molecule has 2 aliphatic rings. The van der Waals surface area contributed by atoms with Gasteiger partial charge in [-0.2, -0.15) is 0 Å². The second kappa shape index (κ2) is 8.14. The van der Waals surface area contributed by atoms with Crippen LogP contribution in [0.15, 0.2) is 16.5 Å². The molecule has 1 saturated heterocycles. The van der Waals surface area contributed by atoms with E-state index in [2.05, 4.69) is 5.16 Å². The summed E-state index contributed by atoms with van der Waals surface area (Å²) in [7, 11) is -3.02. The zero-order valence-corrected chi connectivity index (χ0v) is 15.3. The van der Waals surface area contributed by atoms with E-state index in [1.54, 1.807) is 0 Å². The molecule has 6 nitrogen and oxygen atoms in total. The number of aliphatic hydroxyl groups excluding tert-OH is 1. The van der Waals surface area contributed by atoms with E-state index in [0.717, 1.165) is 6.42 Å². The van der Waals surface area contributed by atoms with Gasteiger partial charge >= 0.3 is 0 Å². The van der Waals surface area contributed by atoms with Crippen molar-refractivity contribution >= 4 is 21.3 Å². The summed E-state index contributed by atoms with van der Waals surface area (Å²) in [5.41, 5.74) is 0.768. The molecule has 0 aromatic carbocycles. The Bertz CT molecular complexity index is 635. The van der Waals surface area contributed by atoms with Crippen LogP contribution in [0.5, 0.6) is 0 Å².